The SMILES string of the molecule is CC(C)(C)OC(=O)NOCC1(CN)CCOCC1. The van der Waals surface area contributed by atoms with E-state index in [-0.39, 0.29) is 5.41 Å². The van der Waals surface area contributed by atoms with E-state index in [1.54, 1.807) is 20.8 Å². The second kappa shape index (κ2) is 6.36. The van der Waals surface area contributed by atoms with Crippen LogP contribution in [0.1, 0.15) is 33.6 Å². The summed E-state index contributed by atoms with van der Waals surface area (Å²) in [6.45, 7) is 7.67. The summed E-state index contributed by atoms with van der Waals surface area (Å²) >= 11 is 0. The minimum atomic E-state index is -0.582. The Balaban J connectivity index is 2.29. The molecule has 0 bridgehead atoms. The summed E-state index contributed by atoms with van der Waals surface area (Å²) in [4.78, 5) is 16.6. The van der Waals surface area contributed by atoms with E-state index < -0.39 is 11.7 Å². The summed E-state index contributed by atoms with van der Waals surface area (Å²) in [5, 5.41) is 0. The molecule has 1 heterocycles. The number of hydrogen-bond acceptors (Lipinski definition) is 5. The Kier molecular flexibility index (Phi) is 5.37. The van der Waals surface area contributed by atoms with Crippen molar-refractivity contribution >= 4 is 6.09 Å². The van der Waals surface area contributed by atoms with Gasteiger partial charge < -0.3 is 15.2 Å². The summed E-state index contributed by atoms with van der Waals surface area (Å²) < 4.78 is 10.4. The van der Waals surface area contributed by atoms with Crippen molar-refractivity contribution in [3.05, 3.63) is 0 Å². The Morgan fingerprint density at radius 2 is 2.00 bits per heavy atom. The molecule has 0 aromatic heterocycles. The van der Waals surface area contributed by atoms with Gasteiger partial charge in [-0.1, -0.05) is 0 Å². The number of carbonyl (C=O) groups is 1. The third-order valence-electron chi connectivity index (χ3n) is 2.92. The highest BCUT2D eigenvalue weighted by Crippen LogP contribution is 2.29. The number of rotatable bonds is 4. The van der Waals surface area contributed by atoms with Gasteiger partial charge in [0.2, 0.25) is 0 Å². The molecule has 1 fully saturated rings. The Morgan fingerprint density at radius 1 is 1.39 bits per heavy atom. The summed E-state index contributed by atoms with van der Waals surface area (Å²) in [6, 6.07) is 0. The van der Waals surface area contributed by atoms with Crippen molar-refractivity contribution in [2.45, 2.75) is 39.2 Å². The molecule has 3 N–H and O–H groups in total. The van der Waals surface area contributed by atoms with E-state index in [4.69, 9.17) is 20.0 Å². The van der Waals surface area contributed by atoms with E-state index in [2.05, 4.69) is 5.48 Å². The van der Waals surface area contributed by atoms with Crippen LogP contribution < -0.4 is 11.2 Å². The maximum atomic E-state index is 11.4. The van der Waals surface area contributed by atoms with Gasteiger partial charge in [-0.3, -0.25) is 4.84 Å². The number of hydrogen-bond donors (Lipinski definition) is 2. The van der Waals surface area contributed by atoms with Gasteiger partial charge in [0.25, 0.3) is 0 Å². The number of carbonyl (C=O) groups excluding carboxylic acids is 1. The number of amides is 1. The van der Waals surface area contributed by atoms with E-state index >= 15 is 0 Å². The summed E-state index contributed by atoms with van der Waals surface area (Å²) in [5.74, 6) is 0. The fourth-order valence-electron chi connectivity index (χ4n) is 1.76. The van der Waals surface area contributed by atoms with Crippen LogP contribution in [-0.4, -0.2) is 38.1 Å². The van der Waals surface area contributed by atoms with E-state index in [1.165, 1.54) is 0 Å². The molecular weight excluding hydrogens is 236 g/mol. The standard InChI is InChI=1S/C12H24N2O4/c1-11(2,3)18-10(15)14-17-9-12(8-13)4-6-16-7-5-12/h4-9,13H2,1-3H3,(H,14,15). The fraction of sp³-hybridized carbons (Fsp3) is 0.917. The molecule has 0 atom stereocenters. The minimum Gasteiger partial charge on any atom is -0.442 e. The van der Waals surface area contributed by atoms with E-state index in [0.717, 1.165) is 12.8 Å². The lowest BCUT2D eigenvalue weighted by molar-refractivity contribution is -0.0691. The summed E-state index contributed by atoms with van der Waals surface area (Å²) in [5.41, 5.74) is 7.43. The molecule has 1 aliphatic heterocycles. The highest BCUT2D eigenvalue weighted by molar-refractivity contribution is 5.66. The van der Waals surface area contributed by atoms with Crippen molar-refractivity contribution in [3.63, 3.8) is 0 Å². The van der Waals surface area contributed by atoms with Crippen LogP contribution in [0.3, 0.4) is 0 Å². The van der Waals surface area contributed by atoms with Crippen LogP contribution in [-0.2, 0) is 14.3 Å². The van der Waals surface area contributed by atoms with E-state index in [0.29, 0.717) is 26.4 Å². The first-order valence-corrected chi connectivity index (χ1v) is 6.25. The number of nitrogens with one attached hydrogen (secondary N) is 1. The van der Waals surface area contributed by atoms with Crippen LogP contribution >= 0.6 is 0 Å². The van der Waals surface area contributed by atoms with Crippen molar-refractivity contribution in [1.29, 1.82) is 0 Å². The zero-order valence-electron chi connectivity index (χ0n) is 11.5. The Morgan fingerprint density at radius 3 is 2.50 bits per heavy atom. The van der Waals surface area contributed by atoms with Crippen molar-refractivity contribution in [2.24, 2.45) is 11.1 Å². The van der Waals surface area contributed by atoms with Crippen LogP contribution in [0.5, 0.6) is 0 Å². The molecule has 0 radical (unpaired) electrons. The van der Waals surface area contributed by atoms with Crippen molar-refractivity contribution < 1.29 is 19.1 Å². The van der Waals surface area contributed by atoms with Crippen LogP contribution in [0.25, 0.3) is 0 Å². The Hall–Kier alpha value is -0.850. The maximum absolute atomic E-state index is 11.4. The van der Waals surface area contributed by atoms with Crippen molar-refractivity contribution in [3.8, 4) is 0 Å². The van der Waals surface area contributed by atoms with Crippen molar-refractivity contribution in [1.82, 2.24) is 5.48 Å². The molecule has 0 saturated carbocycles. The second-order valence-corrected chi connectivity index (χ2v) is 5.71. The molecular formula is C12H24N2O4. The largest absolute Gasteiger partial charge is 0.442 e. The lowest BCUT2D eigenvalue weighted by Gasteiger charge is -2.35. The van der Waals surface area contributed by atoms with Gasteiger partial charge in [0.15, 0.2) is 0 Å². The van der Waals surface area contributed by atoms with Crippen LogP contribution in [0.15, 0.2) is 0 Å². The first-order valence-electron chi connectivity index (χ1n) is 6.25. The highest BCUT2D eigenvalue weighted by Gasteiger charge is 2.32. The Labute approximate surface area is 108 Å². The smallest absolute Gasteiger partial charge is 0.431 e. The van der Waals surface area contributed by atoms with Crippen LogP contribution in [0.2, 0.25) is 0 Å². The van der Waals surface area contributed by atoms with Gasteiger partial charge in [0.05, 0.1) is 6.61 Å². The molecule has 6 heteroatoms. The van der Waals surface area contributed by atoms with Gasteiger partial charge in [0.1, 0.15) is 5.60 Å². The predicted molar refractivity (Wildman–Crippen MR) is 66.9 cm³/mol. The lowest BCUT2D eigenvalue weighted by atomic mass is 9.81. The molecule has 1 saturated heterocycles. The van der Waals surface area contributed by atoms with Crippen molar-refractivity contribution in [2.75, 3.05) is 26.4 Å². The molecule has 1 aliphatic rings. The third-order valence-corrected chi connectivity index (χ3v) is 2.92. The number of ether oxygens (including phenoxy) is 2. The van der Waals surface area contributed by atoms with Gasteiger partial charge in [0, 0.05) is 25.2 Å². The first-order chi connectivity index (χ1) is 8.37. The molecule has 1 amide bonds. The molecule has 0 unspecified atom stereocenters. The molecule has 18 heavy (non-hydrogen) atoms. The third kappa shape index (κ3) is 5.20. The van der Waals surface area contributed by atoms with Gasteiger partial charge in [-0.2, -0.15) is 5.48 Å². The summed E-state index contributed by atoms with van der Waals surface area (Å²) in [7, 11) is 0. The molecule has 0 aromatic rings. The lowest BCUT2D eigenvalue weighted by Crippen LogP contribution is -2.43. The fourth-order valence-corrected chi connectivity index (χ4v) is 1.76. The average Bonchev–Trinajstić information content (AvgIpc) is 2.28. The zero-order valence-corrected chi connectivity index (χ0v) is 11.5. The molecule has 106 valence electrons. The van der Waals surface area contributed by atoms with E-state index in [9.17, 15) is 4.79 Å². The Bertz CT molecular complexity index is 270. The first kappa shape index (κ1) is 15.2. The van der Waals surface area contributed by atoms with Crippen LogP contribution in [0.4, 0.5) is 4.79 Å². The molecule has 0 aromatic carbocycles. The van der Waals surface area contributed by atoms with Gasteiger partial charge in [-0.15, -0.1) is 0 Å². The second-order valence-electron chi connectivity index (χ2n) is 5.71. The average molecular weight is 260 g/mol. The molecule has 1 rings (SSSR count). The van der Waals surface area contributed by atoms with Crippen LogP contribution in [0, 0.1) is 5.41 Å². The topological polar surface area (TPSA) is 82.8 Å². The number of hydroxylamine groups is 1. The van der Waals surface area contributed by atoms with Gasteiger partial charge in [-0.05, 0) is 33.6 Å². The van der Waals surface area contributed by atoms with Gasteiger partial charge in [-0.25, -0.2) is 4.79 Å². The highest BCUT2D eigenvalue weighted by atomic mass is 16.7. The number of nitrogens with two attached hydrogens (primary N) is 1. The molecule has 6 nitrogen and oxygen atoms in total. The normalized spacial score (nSPS) is 19.3. The molecule has 0 spiro atoms. The maximum Gasteiger partial charge on any atom is 0.431 e. The summed E-state index contributed by atoms with van der Waals surface area (Å²) in [6.07, 6.45) is 1.11. The minimum absolute atomic E-state index is 0.104. The monoisotopic (exact) mass is 260 g/mol. The van der Waals surface area contributed by atoms with E-state index in [1.807, 2.05) is 0 Å². The zero-order chi connectivity index (χ0) is 13.6. The van der Waals surface area contributed by atoms with Gasteiger partial charge >= 0.3 is 6.09 Å². The quantitative estimate of drug-likeness (QED) is 0.742. The predicted octanol–water partition coefficient (Wildman–Crippen LogP) is 1.20. The molecule has 0 aliphatic carbocycles.